The molecule has 0 aromatic heterocycles. The van der Waals surface area contributed by atoms with E-state index in [0.29, 0.717) is 13.2 Å². The van der Waals surface area contributed by atoms with Crippen molar-refractivity contribution >= 4 is 12.0 Å². The molecule has 2 N–H and O–H groups in total. The quantitative estimate of drug-likeness (QED) is 0.750. The molecule has 0 heterocycles. The molecule has 0 rings (SSSR count). The van der Waals surface area contributed by atoms with Gasteiger partial charge in [-0.3, -0.25) is 4.79 Å². The zero-order chi connectivity index (χ0) is 16.1. The first-order chi connectivity index (χ1) is 8.97. The number of ether oxygens (including phenoxy) is 1. The predicted octanol–water partition coefficient (Wildman–Crippen LogP) is 1.94. The number of nitrogens with one attached hydrogen (secondary N) is 1. The molecule has 0 aliphatic rings. The maximum atomic E-state index is 12.3. The molecular formula is C14H28N2O4. The van der Waals surface area contributed by atoms with Gasteiger partial charge >= 0.3 is 12.0 Å². The number of nitrogens with zero attached hydrogens (tertiary/aromatic N) is 1. The van der Waals surface area contributed by atoms with Crippen LogP contribution >= 0.6 is 0 Å². The highest BCUT2D eigenvalue weighted by Gasteiger charge is 2.45. The van der Waals surface area contributed by atoms with E-state index in [1.807, 2.05) is 13.8 Å². The van der Waals surface area contributed by atoms with Crippen LogP contribution < -0.4 is 5.32 Å². The van der Waals surface area contributed by atoms with Crippen LogP contribution in [0.5, 0.6) is 0 Å². The van der Waals surface area contributed by atoms with Crippen LogP contribution in [-0.2, 0) is 9.53 Å². The molecule has 0 saturated carbocycles. The standard InChI is InChI=1S/C14H28N2O4/c1-10(2)16(8-9-20-7)12(19)15-14(5,6)13(3,4)11(17)18/h10H,8-9H2,1-7H3,(H,15,19)(H,17,18). The zero-order valence-electron chi connectivity index (χ0n) is 13.6. The minimum Gasteiger partial charge on any atom is -0.481 e. The van der Waals surface area contributed by atoms with E-state index in [1.54, 1.807) is 39.7 Å². The molecule has 0 spiro atoms. The van der Waals surface area contributed by atoms with Gasteiger partial charge in [-0.2, -0.15) is 0 Å². The molecule has 0 aromatic rings. The molecule has 0 fully saturated rings. The molecule has 6 heteroatoms. The van der Waals surface area contributed by atoms with Gasteiger partial charge in [-0.1, -0.05) is 0 Å². The van der Waals surface area contributed by atoms with Gasteiger partial charge in [0.2, 0.25) is 0 Å². The lowest BCUT2D eigenvalue weighted by atomic mass is 9.74. The molecule has 0 saturated heterocycles. The maximum absolute atomic E-state index is 12.3. The van der Waals surface area contributed by atoms with Gasteiger partial charge in [0.15, 0.2) is 0 Å². The molecule has 0 aromatic carbocycles. The first kappa shape index (κ1) is 18.7. The SMILES string of the molecule is COCCN(C(=O)NC(C)(C)C(C)(C)C(=O)O)C(C)C. The number of amides is 2. The van der Waals surface area contributed by atoms with Crippen LogP contribution in [0.3, 0.4) is 0 Å². The number of aliphatic carboxylic acids is 1. The second-order valence-electron chi connectivity index (χ2n) is 6.27. The Balaban J connectivity index is 4.99. The summed E-state index contributed by atoms with van der Waals surface area (Å²) in [7, 11) is 1.58. The number of urea groups is 1. The Morgan fingerprint density at radius 2 is 1.75 bits per heavy atom. The highest BCUT2D eigenvalue weighted by atomic mass is 16.5. The van der Waals surface area contributed by atoms with E-state index in [-0.39, 0.29) is 12.1 Å². The van der Waals surface area contributed by atoms with E-state index in [2.05, 4.69) is 5.32 Å². The summed E-state index contributed by atoms with van der Waals surface area (Å²) < 4.78 is 4.99. The molecule has 0 unspecified atom stereocenters. The first-order valence-electron chi connectivity index (χ1n) is 6.78. The maximum Gasteiger partial charge on any atom is 0.318 e. The van der Waals surface area contributed by atoms with Crippen molar-refractivity contribution in [3.63, 3.8) is 0 Å². The Labute approximate surface area is 121 Å². The predicted molar refractivity (Wildman–Crippen MR) is 77.7 cm³/mol. The van der Waals surface area contributed by atoms with Crippen LogP contribution in [0.15, 0.2) is 0 Å². The van der Waals surface area contributed by atoms with E-state index in [4.69, 9.17) is 4.74 Å². The summed E-state index contributed by atoms with van der Waals surface area (Å²) in [6.07, 6.45) is 0. The van der Waals surface area contributed by atoms with Crippen LogP contribution in [-0.4, -0.2) is 53.8 Å². The third-order valence-corrected chi connectivity index (χ3v) is 3.94. The molecule has 2 amide bonds. The highest BCUT2D eigenvalue weighted by Crippen LogP contribution is 2.30. The Kier molecular flexibility index (Phi) is 6.47. The van der Waals surface area contributed by atoms with E-state index in [1.165, 1.54) is 0 Å². The summed E-state index contributed by atoms with van der Waals surface area (Å²) >= 11 is 0. The average Bonchev–Trinajstić information content (AvgIpc) is 2.27. The van der Waals surface area contributed by atoms with Crippen molar-refractivity contribution in [1.82, 2.24) is 10.2 Å². The van der Waals surface area contributed by atoms with Gasteiger partial charge in [0.25, 0.3) is 0 Å². The third-order valence-electron chi connectivity index (χ3n) is 3.94. The Bertz CT molecular complexity index is 351. The summed E-state index contributed by atoms with van der Waals surface area (Å²) in [5, 5.41) is 12.1. The molecule has 0 bridgehead atoms. The molecular weight excluding hydrogens is 260 g/mol. The van der Waals surface area contributed by atoms with Crippen LogP contribution in [0, 0.1) is 5.41 Å². The largest absolute Gasteiger partial charge is 0.481 e. The minimum atomic E-state index is -1.08. The third kappa shape index (κ3) is 4.37. The number of rotatable bonds is 7. The van der Waals surface area contributed by atoms with Gasteiger partial charge in [0, 0.05) is 19.7 Å². The van der Waals surface area contributed by atoms with E-state index < -0.39 is 16.9 Å². The fourth-order valence-corrected chi connectivity index (χ4v) is 1.55. The number of hydrogen-bond acceptors (Lipinski definition) is 3. The molecule has 0 aliphatic carbocycles. The van der Waals surface area contributed by atoms with Crippen molar-refractivity contribution < 1.29 is 19.4 Å². The molecule has 0 radical (unpaired) electrons. The number of methoxy groups -OCH3 is 1. The van der Waals surface area contributed by atoms with Crippen LogP contribution in [0.25, 0.3) is 0 Å². The van der Waals surface area contributed by atoms with Gasteiger partial charge in [-0.05, 0) is 41.5 Å². The van der Waals surface area contributed by atoms with Gasteiger partial charge in [-0.15, -0.1) is 0 Å². The van der Waals surface area contributed by atoms with Crippen LogP contribution in [0.4, 0.5) is 4.79 Å². The van der Waals surface area contributed by atoms with E-state index in [9.17, 15) is 14.7 Å². The van der Waals surface area contributed by atoms with Gasteiger partial charge in [0.05, 0.1) is 17.6 Å². The average molecular weight is 288 g/mol. The van der Waals surface area contributed by atoms with Gasteiger partial charge < -0.3 is 20.1 Å². The fourth-order valence-electron chi connectivity index (χ4n) is 1.55. The molecule has 0 atom stereocenters. The summed E-state index contributed by atoms with van der Waals surface area (Å²) in [6.45, 7) is 11.4. The lowest BCUT2D eigenvalue weighted by Crippen LogP contribution is -2.60. The topological polar surface area (TPSA) is 78.9 Å². The zero-order valence-corrected chi connectivity index (χ0v) is 13.6. The molecule has 118 valence electrons. The van der Waals surface area contributed by atoms with E-state index >= 15 is 0 Å². The monoisotopic (exact) mass is 288 g/mol. The minimum absolute atomic E-state index is 0.00823. The summed E-state index contributed by atoms with van der Waals surface area (Å²) in [5.74, 6) is -0.948. The van der Waals surface area contributed by atoms with Crippen molar-refractivity contribution in [3.05, 3.63) is 0 Å². The van der Waals surface area contributed by atoms with E-state index in [0.717, 1.165) is 0 Å². The van der Waals surface area contributed by atoms with Crippen molar-refractivity contribution in [3.8, 4) is 0 Å². The molecule has 0 aliphatic heterocycles. The van der Waals surface area contributed by atoms with Crippen LogP contribution in [0.1, 0.15) is 41.5 Å². The summed E-state index contributed by atoms with van der Waals surface area (Å²) in [6, 6.07) is -0.273. The molecule has 20 heavy (non-hydrogen) atoms. The summed E-state index contributed by atoms with van der Waals surface area (Å²) in [5.41, 5.74) is -1.96. The van der Waals surface area contributed by atoms with Crippen molar-refractivity contribution in [2.24, 2.45) is 5.41 Å². The number of carboxylic acids is 1. The first-order valence-corrected chi connectivity index (χ1v) is 6.78. The van der Waals surface area contributed by atoms with Crippen molar-refractivity contribution in [2.45, 2.75) is 53.1 Å². The number of carboxylic acid groups (broad SMARTS) is 1. The van der Waals surface area contributed by atoms with Gasteiger partial charge in [0.1, 0.15) is 0 Å². The Morgan fingerprint density at radius 3 is 2.10 bits per heavy atom. The highest BCUT2D eigenvalue weighted by molar-refractivity contribution is 5.79. The van der Waals surface area contributed by atoms with Crippen molar-refractivity contribution in [1.29, 1.82) is 0 Å². The van der Waals surface area contributed by atoms with Gasteiger partial charge in [-0.25, -0.2) is 4.79 Å². The second kappa shape index (κ2) is 6.92. The fraction of sp³-hybridized carbons (Fsp3) is 0.857. The Hall–Kier alpha value is -1.30. The number of carbonyl (C=O) groups excluding carboxylic acids is 1. The lowest BCUT2D eigenvalue weighted by molar-refractivity contribution is -0.150. The number of carbonyl (C=O) groups is 2. The van der Waals surface area contributed by atoms with Crippen molar-refractivity contribution in [2.75, 3.05) is 20.3 Å². The Morgan fingerprint density at radius 1 is 1.25 bits per heavy atom. The number of hydrogen-bond donors (Lipinski definition) is 2. The smallest absolute Gasteiger partial charge is 0.318 e. The second-order valence-corrected chi connectivity index (χ2v) is 6.27. The lowest BCUT2D eigenvalue weighted by Gasteiger charge is -2.40. The molecule has 6 nitrogen and oxygen atoms in total. The normalized spacial score (nSPS) is 12.4. The summed E-state index contributed by atoms with van der Waals surface area (Å²) in [4.78, 5) is 25.3. The van der Waals surface area contributed by atoms with Crippen LogP contribution in [0.2, 0.25) is 0 Å².